The Morgan fingerprint density at radius 2 is 1.69 bits per heavy atom. The molecular weight excluding hydrogens is 175 g/mol. The number of benzene rings is 1. The van der Waals surface area contributed by atoms with Crippen molar-refractivity contribution in [3.05, 3.63) is 17.9 Å². The molecule has 0 aliphatic rings. The average molecular weight is 185 g/mol. The summed E-state index contributed by atoms with van der Waals surface area (Å²) in [5, 5.41) is 0. The molecule has 4 heteroatoms. The quantitative estimate of drug-likeness (QED) is 0.716. The van der Waals surface area contributed by atoms with Gasteiger partial charge in [0.1, 0.15) is 0 Å². The molecule has 71 valence electrons. The van der Waals surface area contributed by atoms with Crippen molar-refractivity contribution in [3.63, 3.8) is 0 Å². The highest BCUT2D eigenvalue weighted by Crippen LogP contribution is 2.38. The van der Waals surface area contributed by atoms with Crippen molar-refractivity contribution < 1.29 is 18.6 Å². The van der Waals surface area contributed by atoms with Gasteiger partial charge in [0.15, 0.2) is 11.6 Å². The molecule has 0 N–H and O–H groups in total. The Bertz CT molecular complexity index is 299. The van der Waals surface area contributed by atoms with E-state index in [9.17, 15) is 4.39 Å². The second-order valence-electron chi connectivity index (χ2n) is 2.24. The fourth-order valence-corrected chi connectivity index (χ4v) is 0.999. The normalized spacial score (nSPS) is 9.54. The lowest BCUT2D eigenvalue weighted by Gasteiger charge is -2.11. The van der Waals surface area contributed by atoms with Crippen LogP contribution in [0.15, 0.2) is 6.07 Å². The second-order valence-corrected chi connectivity index (χ2v) is 2.24. The Morgan fingerprint density at radius 3 is 2.15 bits per heavy atom. The van der Waals surface area contributed by atoms with Gasteiger partial charge in [-0.15, -0.1) is 0 Å². The van der Waals surface area contributed by atoms with Crippen LogP contribution < -0.4 is 14.2 Å². The van der Waals surface area contributed by atoms with E-state index in [1.807, 2.05) is 0 Å². The second kappa shape index (κ2) is 3.98. The minimum absolute atomic E-state index is 0.00171. The van der Waals surface area contributed by atoms with Crippen LogP contribution in [0.4, 0.5) is 4.39 Å². The smallest absolute Gasteiger partial charge is 0.206 e. The van der Waals surface area contributed by atoms with Crippen LogP contribution in [0, 0.1) is 11.9 Å². The van der Waals surface area contributed by atoms with Gasteiger partial charge in [0.25, 0.3) is 0 Å². The summed E-state index contributed by atoms with van der Waals surface area (Å²) in [5.41, 5.74) is 0. The molecule has 0 aliphatic carbocycles. The Hall–Kier alpha value is -1.45. The van der Waals surface area contributed by atoms with Crippen molar-refractivity contribution in [2.45, 2.75) is 0 Å². The van der Waals surface area contributed by atoms with Crippen molar-refractivity contribution in [1.29, 1.82) is 0 Å². The molecule has 0 bridgehead atoms. The van der Waals surface area contributed by atoms with Gasteiger partial charge in [0, 0.05) is 6.07 Å². The highest BCUT2D eigenvalue weighted by Gasteiger charge is 2.15. The number of ether oxygens (including phenoxy) is 3. The first kappa shape index (κ1) is 9.64. The minimum Gasteiger partial charge on any atom is -0.493 e. The molecule has 0 saturated carbocycles. The van der Waals surface area contributed by atoms with Crippen LogP contribution in [0.2, 0.25) is 0 Å². The summed E-state index contributed by atoms with van der Waals surface area (Å²) in [6.07, 6.45) is 0. The van der Waals surface area contributed by atoms with Gasteiger partial charge in [-0.25, -0.2) is 4.39 Å². The lowest BCUT2D eigenvalue weighted by Crippen LogP contribution is -1.96. The lowest BCUT2D eigenvalue weighted by molar-refractivity contribution is 0.312. The Balaban J connectivity index is 3.27. The largest absolute Gasteiger partial charge is 0.493 e. The third-order valence-corrected chi connectivity index (χ3v) is 1.59. The van der Waals surface area contributed by atoms with E-state index in [0.29, 0.717) is 5.75 Å². The maximum absolute atomic E-state index is 13.0. The van der Waals surface area contributed by atoms with Crippen LogP contribution in [0.5, 0.6) is 17.2 Å². The number of hydrogen-bond acceptors (Lipinski definition) is 3. The fourth-order valence-electron chi connectivity index (χ4n) is 0.999. The maximum atomic E-state index is 13.0. The van der Waals surface area contributed by atoms with Crippen molar-refractivity contribution >= 4 is 0 Å². The topological polar surface area (TPSA) is 27.7 Å². The molecule has 0 saturated heterocycles. The lowest BCUT2D eigenvalue weighted by atomic mass is 10.3. The van der Waals surface area contributed by atoms with E-state index in [1.54, 1.807) is 0 Å². The highest BCUT2D eigenvalue weighted by molar-refractivity contribution is 5.51. The fraction of sp³-hybridized carbons (Fsp3) is 0.333. The molecule has 0 amide bonds. The highest BCUT2D eigenvalue weighted by atomic mass is 19.1. The maximum Gasteiger partial charge on any atom is 0.206 e. The van der Waals surface area contributed by atoms with Crippen LogP contribution >= 0.6 is 0 Å². The number of rotatable bonds is 3. The summed E-state index contributed by atoms with van der Waals surface area (Å²) in [7, 11) is 4.23. The Labute approximate surface area is 76.0 Å². The Kier molecular flexibility index (Phi) is 2.95. The van der Waals surface area contributed by atoms with E-state index in [-0.39, 0.29) is 11.5 Å². The van der Waals surface area contributed by atoms with Crippen molar-refractivity contribution in [3.8, 4) is 17.2 Å². The van der Waals surface area contributed by atoms with Gasteiger partial charge in [0.2, 0.25) is 11.5 Å². The zero-order valence-electron chi connectivity index (χ0n) is 7.68. The molecular formula is C9H10FO3. The van der Waals surface area contributed by atoms with Crippen molar-refractivity contribution in [1.82, 2.24) is 0 Å². The summed E-state index contributed by atoms with van der Waals surface area (Å²) < 4.78 is 27.7. The molecule has 1 rings (SSSR count). The van der Waals surface area contributed by atoms with Gasteiger partial charge in [0.05, 0.1) is 21.3 Å². The first-order chi connectivity index (χ1) is 6.24. The molecule has 3 nitrogen and oxygen atoms in total. The number of halogens is 1. The van der Waals surface area contributed by atoms with Crippen molar-refractivity contribution in [2.24, 2.45) is 0 Å². The van der Waals surface area contributed by atoms with Gasteiger partial charge in [-0.2, -0.15) is 0 Å². The Morgan fingerprint density at radius 1 is 1.08 bits per heavy atom. The first-order valence-corrected chi connectivity index (χ1v) is 3.60. The van der Waals surface area contributed by atoms with Crippen LogP contribution in [-0.4, -0.2) is 21.3 Å². The van der Waals surface area contributed by atoms with E-state index in [0.717, 1.165) is 0 Å². The van der Waals surface area contributed by atoms with Gasteiger partial charge < -0.3 is 14.2 Å². The molecule has 0 aromatic heterocycles. The number of methoxy groups -OCH3 is 3. The molecule has 0 unspecified atom stereocenters. The van der Waals surface area contributed by atoms with Crippen LogP contribution in [0.25, 0.3) is 0 Å². The molecule has 0 aliphatic heterocycles. The predicted molar refractivity (Wildman–Crippen MR) is 44.9 cm³/mol. The van der Waals surface area contributed by atoms with Crippen LogP contribution in [-0.2, 0) is 0 Å². The molecule has 0 fully saturated rings. The van der Waals surface area contributed by atoms with E-state index in [4.69, 9.17) is 14.2 Å². The van der Waals surface area contributed by atoms with Gasteiger partial charge in [-0.3, -0.25) is 0 Å². The number of hydrogen-bond donors (Lipinski definition) is 0. The molecule has 1 aromatic carbocycles. The summed E-state index contributed by atoms with van der Waals surface area (Å²) in [6, 6.07) is 3.71. The zero-order chi connectivity index (χ0) is 9.84. The van der Waals surface area contributed by atoms with Crippen molar-refractivity contribution in [2.75, 3.05) is 21.3 Å². The summed E-state index contributed by atoms with van der Waals surface area (Å²) in [4.78, 5) is 0. The third-order valence-electron chi connectivity index (χ3n) is 1.59. The minimum atomic E-state index is -0.597. The molecule has 13 heavy (non-hydrogen) atoms. The third kappa shape index (κ3) is 1.66. The molecule has 0 atom stereocenters. The molecule has 1 aromatic rings. The SMILES string of the molecule is COc1c[c]c(F)c(OC)c1OC. The predicted octanol–water partition coefficient (Wildman–Crippen LogP) is 1.65. The zero-order valence-corrected chi connectivity index (χ0v) is 7.68. The molecule has 0 heterocycles. The summed E-state index contributed by atoms with van der Waals surface area (Å²) in [6.45, 7) is 0. The van der Waals surface area contributed by atoms with E-state index < -0.39 is 5.82 Å². The molecule has 0 spiro atoms. The monoisotopic (exact) mass is 185 g/mol. The summed E-state index contributed by atoms with van der Waals surface area (Å²) in [5.74, 6) is 0.0315. The van der Waals surface area contributed by atoms with E-state index in [1.165, 1.54) is 27.4 Å². The standard InChI is InChI=1S/C9H10FO3/c1-11-7-5-4-6(10)8(12-2)9(7)13-3/h5H,1-3H3. The van der Waals surface area contributed by atoms with Crippen LogP contribution in [0.1, 0.15) is 0 Å². The molecule has 1 radical (unpaired) electrons. The van der Waals surface area contributed by atoms with E-state index >= 15 is 0 Å². The first-order valence-electron chi connectivity index (χ1n) is 3.60. The van der Waals surface area contributed by atoms with Crippen LogP contribution in [0.3, 0.4) is 0 Å². The van der Waals surface area contributed by atoms with E-state index in [2.05, 4.69) is 6.07 Å². The summed E-state index contributed by atoms with van der Waals surface area (Å²) >= 11 is 0. The average Bonchev–Trinajstić information content (AvgIpc) is 2.17. The van der Waals surface area contributed by atoms with Gasteiger partial charge in [-0.05, 0) is 6.07 Å². The van der Waals surface area contributed by atoms with Gasteiger partial charge >= 0.3 is 0 Å². The van der Waals surface area contributed by atoms with Gasteiger partial charge in [-0.1, -0.05) is 0 Å².